The molecule has 0 radical (unpaired) electrons. The van der Waals surface area contributed by atoms with Gasteiger partial charge in [-0.05, 0) is 24.8 Å². The standard InChI is InChI=1S/C12H18N4S/c1-4-7-13-12-14-9-6-8-17-10(9)11(15-12)16(3)5-2/h6,8H,4-5,7H2,1-3H3,(H,13,14,15). The molecule has 1 N–H and O–H groups in total. The molecule has 17 heavy (non-hydrogen) atoms. The molecule has 0 spiro atoms. The van der Waals surface area contributed by atoms with E-state index in [1.54, 1.807) is 11.3 Å². The topological polar surface area (TPSA) is 41.1 Å². The number of nitrogens with one attached hydrogen (secondary N) is 1. The van der Waals surface area contributed by atoms with Crippen molar-refractivity contribution in [3.63, 3.8) is 0 Å². The van der Waals surface area contributed by atoms with Gasteiger partial charge in [0.05, 0.1) is 10.2 Å². The lowest BCUT2D eigenvalue weighted by Gasteiger charge is -2.17. The summed E-state index contributed by atoms with van der Waals surface area (Å²) in [7, 11) is 2.06. The zero-order valence-corrected chi connectivity index (χ0v) is 11.3. The van der Waals surface area contributed by atoms with Gasteiger partial charge in [0.25, 0.3) is 0 Å². The van der Waals surface area contributed by atoms with Crippen LogP contribution in [0.15, 0.2) is 11.4 Å². The van der Waals surface area contributed by atoms with Gasteiger partial charge in [-0.15, -0.1) is 11.3 Å². The molecule has 0 bridgehead atoms. The average Bonchev–Trinajstić information content (AvgIpc) is 2.82. The fourth-order valence-electron chi connectivity index (χ4n) is 1.57. The SMILES string of the molecule is CCCNc1nc(N(C)CC)c2sccc2n1. The molecule has 0 aliphatic heterocycles. The van der Waals surface area contributed by atoms with Gasteiger partial charge in [-0.3, -0.25) is 0 Å². The summed E-state index contributed by atoms with van der Waals surface area (Å²) in [5, 5.41) is 5.32. The highest BCUT2D eigenvalue weighted by Gasteiger charge is 2.11. The molecule has 92 valence electrons. The Balaban J connectivity index is 2.43. The van der Waals surface area contributed by atoms with Crippen molar-refractivity contribution in [1.82, 2.24) is 9.97 Å². The van der Waals surface area contributed by atoms with E-state index in [-0.39, 0.29) is 0 Å². The van der Waals surface area contributed by atoms with Crippen molar-refractivity contribution in [2.24, 2.45) is 0 Å². The van der Waals surface area contributed by atoms with Gasteiger partial charge in [-0.1, -0.05) is 6.92 Å². The summed E-state index contributed by atoms with van der Waals surface area (Å²) in [5.41, 5.74) is 1.03. The first-order valence-corrected chi connectivity index (χ1v) is 6.84. The highest BCUT2D eigenvalue weighted by molar-refractivity contribution is 7.17. The molecule has 0 aliphatic carbocycles. The maximum absolute atomic E-state index is 4.60. The maximum Gasteiger partial charge on any atom is 0.225 e. The second kappa shape index (κ2) is 5.31. The first-order valence-electron chi connectivity index (χ1n) is 5.96. The molecule has 0 amide bonds. The molecular formula is C12H18N4S. The molecule has 0 saturated carbocycles. The molecule has 4 nitrogen and oxygen atoms in total. The van der Waals surface area contributed by atoms with Crippen LogP contribution in [0.3, 0.4) is 0 Å². The van der Waals surface area contributed by atoms with E-state index in [0.29, 0.717) is 0 Å². The van der Waals surface area contributed by atoms with Crippen molar-refractivity contribution >= 4 is 33.3 Å². The van der Waals surface area contributed by atoms with E-state index >= 15 is 0 Å². The summed E-state index contributed by atoms with van der Waals surface area (Å²) >= 11 is 1.70. The first kappa shape index (κ1) is 12.1. The highest BCUT2D eigenvalue weighted by Crippen LogP contribution is 2.29. The number of hydrogen-bond donors (Lipinski definition) is 1. The molecule has 0 fully saturated rings. The van der Waals surface area contributed by atoms with Crippen molar-refractivity contribution in [2.45, 2.75) is 20.3 Å². The summed E-state index contributed by atoms with van der Waals surface area (Å²) < 4.78 is 1.16. The van der Waals surface area contributed by atoms with Crippen LogP contribution in [0.4, 0.5) is 11.8 Å². The smallest absolute Gasteiger partial charge is 0.225 e. The minimum atomic E-state index is 0.730. The van der Waals surface area contributed by atoms with E-state index in [1.807, 2.05) is 6.07 Å². The normalized spacial score (nSPS) is 10.8. The number of hydrogen-bond acceptors (Lipinski definition) is 5. The molecule has 0 aromatic carbocycles. The van der Waals surface area contributed by atoms with Gasteiger partial charge in [0, 0.05) is 20.1 Å². The summed E-state index contributed by atoms with van der Waals surface area (Å²) in [4.78, 5) is 11.3. The molecule has 0 atom stereocenters. The summed E-state index contributed by atoms with van der Waals surface area (Å²) in [6.45, 7) is 6.11. The summed E-state index contributed by atoms with van der Waals surface area (Å²) in [6, 6.07) is 2.05. The molecule has 0 aliphatic rings. The minimum Gasteiger partial charge on any atom is -0.359 e. The predicted octanol–water partition coefficient (Wildman–Crippen LogP) is 2.97. The van der Waals surface area contributed by atoms with E-state index in [0.717, 1.165) is 41.5 Å². The van der Waals surface area contributed by atoms with Crippen LogP contribution in [-0.4, -0.2) is 30.1 Å². The van der Waals surface area contributed by atoms with Crippen molar-refractivity contribution in [1.29, 1.82) is 0 Å². The number of anilines is 2. The van der Waals surface area contributed by atoms with Crippen LogP contribution >= 0.6 is 11.3 Å². The fourth-order valence-corrected chi connectivity index (χ4v) is 2.45. The number of thiophene rings is 1. The van der Waals surface area contributed by atoms with Crippen LogP contribution < -0.4 is 10.2 Å². The number of nitrogens with zero attached hydrogens (tertiary/aromatic N) is 3. The number of aromatic nitrogens is 2. The number of rotatable bonds is 5. The Morgan fingerprint density at radius 3 is 2.88 bits per heavy atom. The van der Waals surface area contributed by atoms with Crippen molar-refractivity contribution in [3.05, 3.63) is 11.4 Å². The summed E-state index contributed by atoms with van der Waals surface area (Å²) in [6.07, 6.45) is 1.07. The van der Waals surface area contributed by atoms with Crippen LogP contribution in [0.1, 0.15) is 20.3 Å². The Morgan fingerprint density at radius 1 is 1.35 bits per heavy atom. The Bertz CT molecular complexity index is 494. The van der Waals surface area contributed by atoms with Crippen molar-refractivity contribution in [2.75, 3.05) is 30.4 Å². The first-order chi connectivity index (χ1) is 8.26. The third kappa shape index (κ3) is 2.49. The van der Waals surface area contributed by atoms with Gasteiger partial charge in [0.15, 0.2) is 5.82 Å². The molecule has 5 heteroatoms. The Kier molecular flexibility index (Phi) is 3.78. The predicted molar refractivity (Wildman–Crippen MR) is 75.1 cm³/mol. The van der Waals surface area contributed by atoms with Crippen molar-refractivity contribution in [3.8, 4) is 0 Å². The van der Waals surface area contributed by atoms with Gasteiger partial charge in [0.1, 0.15) is 0 Å². The lowest BCUT2D eigenvalue weighted by Crippen LogP contribution is -2.18. The fraction of sp³-hybridized carbons (Fsp3) is 0.500. The second-order valence-corrected chi connectivity index (χ2v) is 4.86. The molecule has 0 unspecified atom stereocenters. The van der Waals surface area contributed by atoms with Gasteiger partial charge in [0.2, 0.25) is 5.95 Å². The van der Waals surface area contributed by atoms with E-state index < -0.39 is 0 Å². The van der Waals surface area contributed by atoms with Crippen LogP contribution in [0.25, 0.3) is 10.2 Å². The molecular weight excluding hydrogens is 232 g/mol. The Labute approximate surface area is 106 Å². The summed E-state index contributed by atoms with van der Waals surface area (Å²) in [5.74, 6) is 1.75. The molecule has 2 aromatic heterocycles. The van der Waals surface area contributed by atoms with Gasteiger partial charge in [-0.25, -0.2) is 4.98 Å². The molecule has 2 heterocycles. The third-order valence-electron chi connectivity index (χ3n) is 2.65. The van der Waals surface area contributed by atoms with Crippen molar-refractivity contribution < 1.29 is 0 Å². The number of fused-ring (bicyclic) bond motifs is 1. The average molecular weight is 250 g/mol. The van der Waals surface area contributed by atoms with Crippen LogP contribution in [0, 0.1) is 0 Å². The quantitative estimate of drug-likeness (QED) is 0.885. The van der Waals surface area contributed by atoms with Gasteiger partial charge >= 0.3 is 0 Å². The van der Waals surface area contributed by atoms with E-state index in [1.165, 1.54) is 0 Å². The largest absolute Gasteiger partial charge is 0.359 e. The van der Waals surface area contributed by atoms with Crippen LogP contribution in [-0.2, 0) is 0 Å². The zero-order chi connectivity index (χ0) is 12.3. The van der Waals surface area contributed by atoms with Crippen LogP contribution in [0.2, 0.25) is 0 Å². The molecule has 0 saturated heterocycles. The second-order valence-electron chi connectivity index (χ2n) is 3.95. The maximum atomic E-state index is 4.60. The van der Waals surface area contributed by atoms with Gasteiger partial charge in [-0.2, -0.15) is 4.98 Å². The Morgan fingerprint density at radius 2 is 2.18 bits per heavy atom. The highest BCUT2D eigenvalue weighted by atomic mass is 32.1. The van der Waals surface area contributed by atoms with E-state index in [9.17, 15) is 0 Å². The van der Waals surface area contributed by atoms with E-state index in [4.69, 9.17) is 0 Å². The monoisotopic (exact) mass is 250 g/mol. The zero-order valence-electron chi connectivity index (χ0n) is 10.5. The lowest BCUT2D eigenvalue weighted by atomic mass is 10.4. The lowest BCUT2D eigenvalue weighted by molar-refractivity contribution is 0.925. The minimum absolute atomic E-state index is 0.730. The third-order valence-corrected chi connectivity index (χ3v) is 3.55. The molecule has 2 rings (SSSR count). The van der Waals surface area contributed by atoms with Crippen LogP contribution in [0.5, 0.6) is 0 Å². The Hall–Kier alpha value is -1.36. The van der Waals surface area contributed by atoms with E-state index in [2.05, 4.69) is 46.5 Å². The van der Waals surface area contributed by atoms with Gasteiger partial charge < -0.3 is 10.2 Å². The molecule has 2 aromatic rings.